The highest BCUT2D eigenvalue weighted by Gasteiger charge is 2.04. The molecule has 1 heterocycles. The summed E-state index contributed by atoms with van der Waals surface area (Å²) in [7, 11) is 0. The van der Waals surface area contributed by atoms with Crippen LogP contribution in [-0.2, 0) is 5.75 Å². The van der Waals surface area contributed by atoms with Crippen molar-refractivity contribution in [2.24, 2.45) is 0 Å². The van der Waals surface area contributed by atoms with E-state index in [1.165, 1.54) is 17.8 Å². The molecule has 0 unspecified atom stereocenters. The monoisotopic (exact) mass is 284 g/mol. The maximum Gasteiger partial charge on any atom is 0.136 e. The van der Waals surface area contributed by atoms with Gasteiger partial charge in [-0.25, -0.2) is 9.07 Å². The number of nitrogens with zero attached hydrogens (tertiary/aromatic N) is 2. The first-order chi connectivity index (χ1) is 9.83. The van der Waals surface area contributed by atoms with Crippen molar-refractivity contribution in [2.75, 3.05) is 0 Å². The van der Waals surface area contributed by atoms with Crippen LogP contribution >= 0.6 is 11.8 Å². The first-order valence-electron chi connectivity index (χ1n) is 6.29. The molecule has 0 atom stereocenters. The van der Waals surface area contributed by atoms with Crippen LogP contribution in [0, 0.1) is 5.82 Å². The minimum Gasteiger partial charge on any atom is -0.241 e. The van der Waals surface area contributed by atoms with Crippen molar-refractivity contribution in [3.63, 3.8) is 0 Å². The fourth-order valence-corrected chi connectivity index (χ4v) is 2.73. The Morgan fingerprint density at radius 2 is 1.75 bits per heavy atom. The SMILES string of the molecule is Fc1ccccc1SCc1cnn(-c2ccccc2)c1. The second kappa shape index (κ2) is 5.92. The van der Waals surface area contributed by atoms with Crippen LogP contribution < -0.4 is 0 Å². The Kier molecular flexibility index (Phi) is 3.83. The number of halogens is 1. The van der Waals surface area contributed by atoms with E-state index in [2.05, 4.69) is 5.10 Å². The van der Waals surface area contributed by atoms with Crippen molar-refractivity contribution in [1.82, 2.24) is 9.78 Å². The van der Waals surface area contributed by atoms with Crippen molar-refractivity contribution in [3.05, 3.63) is 78.4 Å². The van der Waals surface area contributed by atoms with Crippen LogP contribution in [0.5, 0.6) is 0 Å². The van der Waals surface area contributed by atoms with Gasteiger partial charge in [0.2, 0.25) is 0 Å². The largest absolute Gasteiger partial charge is 0.241 e. The molecule has 0 aliphatic carbocycles. The Bertz CT molecular complexity index is 694. The lowest BCUT2D eigenvalue weighted by molar-refractivity contribution is 0.602. The molecule has 0 bridgehead atoms. The molecule has 0 spiro atoms. The molecule has 3 aromatic rings. The number of rotatable bonds is 4. The molecule has 0 aliphatic rings. The molecule has 3 rings (SSSR count). The van der Waals surface area contributed by atoms with E-state index in [9.17, 15) is 4.39 Å². The lowest BCUT2D eigenvalue weighted by Gasteiger charge is -2.01. The van der Waals surface area contributed by atoms with Gasteiger partial charge in [-0.3, -0.25) is 0 Å². The van der Waals surface area contributed by atoms with E-state index < -0.39 is 0 Å². The van der Waals surface area contributed by atoms with Gasteiger partial charge in [0.15, 0.2) is 0 Å². The summed E-state index contributed by atoms with van der Waals surface area (Å²) in [6.07, 6.45) is 3.80. The number of para-hydroxylation sites is 1. The molecule has 100 valence electrons. The maximum atomic E-state index is 13.5. The summed E-state index contributed by atoms with van der Waals surface area (Å²) in [5.41, 5.74) is 2.09. The number of hydrogen-bond donors (Lipinski definition) is 0. The molecular formula is C16H13FN2S. The summed E-state index contributed by atoms with van der Waals surface area (Å²) in [5, 5.41) is 4.33. The molecule has 0 N–H and O–H groups in total. The third-order valence-electron chi connectivity index (χ3n) is 2.89. The highest BCUT2D eigenvalue weighted by molar-refractivity contribution is 7.98. The van der Waals surface area contributed by atoms with Crippen molar-refractivity contribution in [3.8, 4) is 5.69 Å². The van der Waals surface area contributed by atoms with E-state index in [1.807, 2.05) is 53.5 Å². The first kappa shape index (κ1) is 12.9. The molecule has 2 aromatic carbocycles. The summed E-state index contributed by atoms with van der Waals surface area (Å²) in [5.74, 6) is 0.529. The van der Waals surface area contributed by atoms with Crippen LogP contribution in [0.3, 0.4) is 0 Å². The average Bonchev–Trinajstić information content (AvgIpc) is 2.96. The van der Waals surface area contributed by atoms with Gasteiger partial charge in [-0.2, -0.15) is 5.10 Å². The van der Waals surface area contributed by atoms with E-state index in [4.69, 9.17) is 0 Å². The second-order valence-electron chi connectivity index (χ2n) is 4.35. The van der Waals surface area contributed by atoms with Gasteiger partial charge in [-0.1, -0.05) is 30.3 Å². The lowest BCUT2D eigenvalue weighted by Crippen LogP contribution is -1.92. The predicted molar refractivity (Wildman–Crippen MR) is 79.5 cm³/mol. The third kappa shape index (κ3) is 2.91. The van der Waals surface area contributed by atoms with Crippen molar-refractivity contribution >= 4 is 11.8 Å². The van der Waals surface area contributed by atoms with Gasteiger partial charge in [0, 0.05) is 22.4 Å². The van der Waals surface area contributed by atoms with E-state index >= 15 is 0 Å². The highest BCUT2D eigenvalue weighted by Crippen LogP contribution is 2.25. The summed E-state index contributed by atoms with van der Waals surface area (Å²) in [6.45, 7) is 0. The fourth-order valence-electron chi connectivity index (χ4n) is 1.88. The second-order valence-corrected chi connectivity index (χ2v) is 5.36. The number of thioether (sulfide) groups is 1. The van der Waals surface area contributed by atoms with Crippen molar-refractivity contribution < 1.29 is 4.39 Å². The summed E-state index contributed by atoms with van der Waals surface area (Å²) < 4.78 is 15.4. The fraction of sp³-hybridized carbons (Fsp3) is 0.0625. The van der Waals surface area contributed by atoms with Crippen LogP contribution in [0.1, 0.15) is 5.56 Å². The van der Waals surface area contributed by atoms with Gasteiger partial charge in [0.1, 0.15) is 5.82 Å². The van der Waals surface area contributed by atoms with Crippen molar-refractivity contribution in [1.29, 1.82) is 0 Å². The minimum atomic E-state index is -0.173. The zero-order chi connectivity index (χ0) is 13.8. The molecule has 0 saturated heterocycles. The van der Waals surface area contributed by atoms with E-state index in [1.54, 1.807) is 12.1 Å². The Balaban J connectivity index is 1.71. The number of benzene rings is 2. The van der Waals surface area contributed by atoms with Gasteiger partial charge < -0.3 is 0 Å². The Labute approximate surface area is 121 Å². The van der Waals surface area contributed by atoms with Gasteiger partial charge in [-0.15, -0.1) is 11.8 Å². The molecule has 2 nitrogen and oxygen atoms in total. The van der Waals surface area contributed by atoms with Crippen LogP contribution in [0.15, 0.2) is 71.9 Å². The quantitative estimate of drug-likeness (QED) is 0.665. The highest BCUT2D eigenvalue weighted by atomic mass is 32.2. The normalized spacial score (nSPS) is 10.7. The zero-order valence-electron chi connectivity index (χ0n) is 10.7. The molecular weight excluding hydrogens is 271 g/mol. The maximum absolute atomic E-state index is 13.5. The molecule has 0 fully saturated rings. The molecule has 20 heavy (non-hydrogen) atoms. The molecule has 0 saturated carbocycles. The Morgan fingerprint density at radius 1 is 1.00 bits per heavy atom. The third-order valence-corrected chi connectivity index (χ3v) is 4.01. The molecule has 0 radical (unpaired) electrons. The van der Waals surface area contributed by atoms with Gasteiger partial charge in [0.05, 0.1) is 11.9 Å². The average molecular weight is 284 g/mol. The van der Waals surface area contributed by atoms with Crippen LogP contribution in [0.25, 0.3) is 5.69 Å². The van der Waals surface area contributed by atoms with Crippen molar-refractivity contribution in [2.45, 2.75) is 10.6 Å². The van der Waals surface area contributed by atoms with Gasteiger partial charge in [0.25, 0.3) is 0 Å². The molecule has 0 amide bonds. The number of hydrogen-bond acceptors (Lipinski definition) is 2. The summed E-state index contributed by atoms with van der Waals surface area (Å²) >= 11 is 1.48. The molecule has 4 heteroatoms. The van der Waals surface area contributed by atoms with Crippen LogP contribution in [-0.4, -0.2) is 9.78 Å². The standard InChI is InChI=1S/C16H13FN2S/c17-15-8-4-5-9-16(15)20-12-13-10-18-19(11-13)14-6-2-1-3-7-14/h1-11H,12H2. The van der Waals surface area contributed by atoms with E-state index in [-0.39, 0.29) is 5.82 Å². The smallest absolute Gasteiger partial charge is 0.136 e. The molecule has 0 aliphatic heterocycles. The van der Waals surface area contributed by atoms with E-state index in [0.29, 0.717) is 10.6 Å². The molecule has 1 aromatic heterocycles. The summed E-state index contributed by atoms with van der Waals surface area (Å²) in [6, 6.07) is 16.8. The van der Waals surface area contributed by atoms with Gasteiger partial charge in [-0.05, 0) is 24.3 Å². The van der Waals surface area contributed by atoms with E-state index in [0.717, 1.165) is 11.3 Å². The van der Waals surface area contributed by atoms with Crippen LogP contribution in [0.4, 0.5) is 4.39 Å². The Hall–Kier alpha value is -2.07. The van der Waals surface area contributed by atoms with Crippen LogP contribution in [0.2, 0.25) is 0 Å². The predicted octanol–water partition coefficient (Wildman–Crippen LogP) is 4.30. The van der Waals surface area contributed by atoms with Gasteiger partial charge >= 0.3 is 0 Å². The topological polar surface area (TPSA) is 17.8 Å². The lowest BCUT2D eigenvalue weighted by atomic mass is 10.3. The first-order valence-corrected chi connectivity index (χ1v) is 7.28. The minimum absolute atomic E-state index is 0.173. The summed E-state index contributed by atoms with van der Waals surface area (Å²) in [4.78, 5) is 0.667. The number of aromatic nitrogens is 2. The zero-order valence-corrected chi connectivity index (χ0v) is 11.6. The Morgan fingerprint density at radius 3 is 2.55 bits per heavy atom.